The first-order valence-corrected chi connectivity index (χ1v) is 7.59. The zero-order valence-corrected chi connectivity index (χ0v) is 12.5. The lowest BCUT2D eigenvalue weighted by Crippen LogP contribution is -2.52. The molecule has 0 radical (unpaired) electrons. The minimum Gasteiger partial charge on any atom is -0.388 e. The van der Waals surface area contributed by atoms with E-state index < -0.39 is 11.0 Å². The predicted molar refractivity (Wildman–Crippen MR) is 75.0 cm³/mol. The van der Waals surface area contributed by atoms with Gasteiger partial charge in [0.1, 0.15) is 0 Å². The fourth-order valence-electron chi connectivity index (χ4n) is 3.81. The lowest BCUT2D eigenvalue weighted by atomic mass is 9.57. The summed E-state index contributed by atoms with van der Waals surface area (Å²) in [6, 6.07) is 2.50. The molecule has 0 aromatic heterocycles. The molecule has 2 nitrogen and oxygen atoms in total. The Bertz CT molecular complexity index is 297. The van der Waals surface area contributed by atoms with Gasteiger partial charge < -0.3 is 5.11 Å². The summed E-state index contributed by atoms with van der Waals surface area (Å²) in [5.41, 5.74) is -1.33. The van der Waals surface area contributed by atoms with Crippen LogP contribution in [0, 0.1) is 28.6 Å². The molecule has 1 atom stereocenters. The highest BCUT2D eigenvalue weighted by Crippen LogP contribution is 2.51. The summed E-state index contributed by atoms with van der Waals surface area (Å²) in [4.78, 5) is 0. The third-order valence-corrected chi connectivity index (χ3v) is 5.19. The van der Waals surface area contributed by atoms with E-state index >= 15 is 0 Å². The molecule has 0 amide bonds. The molecule has 0 aliphatic heterocycles. The summed E-state index contributed by atoms with van der Waals surface area (Å²) in [6.07, 6.45) is 7.14. The summed E-state index contributed by atoms with van der Waals surface area (Å²) in [7, 11) is 0. The van der Waals surface area contributed by atoms with Crippen molar-refractivity contribution in [1.82, 2.24) is 0 Å². The van der Waals surface area contributed by atoms with Crippen LogP contribution >= 0.6 is 0 Å². The highest BCUT2D eigenvalue weighted by molar-refractivity contribution is 5.13. The van der Waals surface area contributed by atoms with Gasteiger partial charge in [0.25, 0.3) is 0 Å². The van der Waals surface area contributed by atoms with Gasteiger partial charge in [0, 0.05) is 0 Å². The molecule has 1 N–H and O–H groups in total. The van der Waals surface area contributed by atoms with Gasteiger partial charge in [-0.05, 0) is 43.9 Å². The van der Waals surface area contributed by atoms with E-state index in [0.29, 0.717) is 6.42 Å². The minimum absolute atomic E-state index is 0.143. The number of hydrogen-bond donors (Lipinski definition) is 1. The minimum atomic E-state index is -0.821. The maximum Gasteiger partial charge on any atom is 0.0862 e. The molecule has 0 aromatic rings. The van der Waals surface area contributed by atoms with Gasteiger partial charge in [-0.25, -0.2) is 0 Å². The zero-order chi connectivity index (χ0) is 13.8. The van der Waals surface area contributed by atoms with Crippen molar-refractivity contribution in [2.45, 2.75) is 78.2 Å². The molecular formula is C16H29NO. The monoisotopic (exact) mass is 251 g/mol. The average molecular weight is 251 g/mol. The van der Waals surface area contributed by atoms with E-state index in [9.17, 15) is 10.4 Å². The van der Waals surface area contributed by atoms with Crippen molar-refractivity contribution < 1.29 is 5.11 Å². The Labute approximate surface area is 112 Å². The standard InChI is InChI=1S/C16H29NO/c1-5-7-14-8-10-15(12-17,11-9-14)16(18,6-2)13(3)4/h13-14,18H,5-11H2,1-4H3. The number of rotatable bonds is 5. The maximum atomic E-state index is 11.0. The van der Waals surface area contributed by atoms with Crippen LogP contribution in [0.1, 0.15) is 72.6 Å². The second-order valence-corrected chi connectivity index (χ2v) is 6.36. The van der Waals surface area contributed by atoms with Crippen molar-refractivity contribution in [2.24, 2.45) is 17.3 Å². The van der Waals surface area contributed by atoms with Gasteiger partial charge >= 0.3 is 0 Å². The molecule has 0 saturated heterocycles. The second-order valence-electron chi connectivity index (χ2n) is 6.36. The molecule has 0 aromatic carbocycles. The van der Waals surface area contributed by atoms with Crippen molar-refractivity contribution in [3.63, 3.8) is 0 Å². The van der Waals surface area contributed by atoms with E-state index in [1.165, 1.54) is 12.8 Å². The second kappa shape index (κ2) is 6.06. The van der Waals surface area contributed by atoms with E-state index in [0.717, 1.165) is 31.6 Å². The molecule has 1 aliphatic rings. The smallest absolute Gasteiger partial charge is 0.0862 e. The summed E-state index contributed by atoms with van der Waals surface area (Å²) in [5, 5.41) is 20.6. The van der Waals surface area contributed by atoms with E-state index in [4.69, 9.17) is 0 Å². The van der Waals surface area contributed by atoms with Crippen LogP contribution < -0.4 is 0 Å². The van der Waals surface area contributed by atoms with Crippen LogP contribution in [0.2, 0.25) is 0 Å². The fraction of sp³-hybridized carbons (Fsp3) is 0.938. The summed E-state index contributed by atoms with van der Waals surface area (Å²) in [6.45, 7) is 8.32. The van der Waals surface area contributed by atoms with Gasteiger partial charge in [0.2, 0.25) is 0 Å². The summed E-state index contributed by atoms with van der Waals surface area (Å²) >= 11 is 0. The van der Waals surface area contributed by atoms with Gasteiger partial charge in [0.05, 0.1) is 17.1 Å². The maximum absolute atomic E-state index is 11.0. The van der Waals surface area contributed by atoms with Crippen molar-refractivity contribution >= 4 is 0 Å². The van der Waals surface area contributed by atoms with Gasteiger partial charge in [-0.2, -0.15) is 5.26 Å². The predicted octanol–water partition coefficient (Wildman–Crippen LogP) is 4.28. The molecular weight excluding hydrogens is 222 g/mol. The van der Waals surface area contributed by atoms with E-state index in [-0.39, 0.29) is 5.92 Å². The van der Waals surface area contributed by atoms with E-state index in [2.05, 4.69) is 13.0 Å². The Kier molecular flexibility index (Phi) is 5.22. The largest absolute Gasteiger partial charge is 0.388 e. The highest BCUT2D eigenvalue weighted by Gasteiger charge is 2.52. The molecule has 1 saturated carbocycles. The normalized spacial score (nSPS) is 31.9. The molecule has 1 rings (SSSR count). The Morgan fingerprint density at radius 3 is 2.22 bits per heavy atom. The Morgan fingerprint density at radius 1 is 1.33 bits per heavy atom. The van der Waals surface area contributed by atoms with Gasteiger partial charge in [-0.15, -0.1) is 0 Å². The van der Waals surface area contributed by atoms with Crippen LogP contribution in [0.3, 0.4) is 0 Å². The topological polar surface area (TPSA) is 44.0 Å². The molecule has 104 valence electrons. The van der Waals surface area contributed by atoms with Gasteiger partial charge in [-0.3, -0.25) is 0 Å². The molecule has 1 unspecified atom stereocenters. The number of nitrogens with zero attached hydrogens (tertiary/aromatic N) is 1. The Balaban J connectivity index is 2.87. The molecule has 0 bridgehead atoms. The van der Waals surface area contributed by atoms with Crippen molar-refractivity contribution in [3.8, 4) is 6.07 Å². The third-order valence-electron chi connectivity index (χ3n) is 5.19. The first-order chi connectivity index (χ1) is 8.45. The average Bonchev–Trinajstić information content (AvgIpc) is 2.39. The summed E-state index contributed by atoms with van der Waals surface area (Å²) < 4.78 is 0. The van der Waals surface area contributed by atoms with Crippen molar-refractivity contribution in [2.75, 3.05) is 0 Å². The van der Waals surface area contributed by atoms with Crippen LogP contribution in [0.4, 0.5) is 0 Å². The van der Waals surface area contributed by atoms with Gasteiger partial charge in [-0.1, -0.05) is 40.5 Å². The zero-order valence-electron chi connectivity index (χ0n) is 12.5. The lowest BCUT2D eigenvalue weighted by Gasteiger charge is -2.48. The summed E-state index contributed by atoms with van der Waals surface area (Å²) in [5.74, 6) is 0.912. The van der Waals surface area contributed by atoms with Crippen LogP contribution in [0.5, 0.6) is 0 Å². The van der Waals surface area contributed by atoms with Crippen LogP contribution in [-0.2, 0) is 0 Å². The van der Waals surface area contributed by atoms with Gasteiger partial charge in [0.15, 0.2) is 0 Å². The quantitative estimate of drug-likeness (QED) is 0.792. The van der Waals surface area contributed by atoms with Crippen LogP contribution in [0.25, 0.3) is 0 Å². The molecule has 0 heterocycles. The third kappa shape index (κ3) is 2.57. The Hall–Kier alpha value is -0.550. The van der Waals surface area contributed by atoms with E-state index in [1.807, 2.05) is 20.8 Å². The molecule has 2 heteroatoms. The SMILES string of the molecule is CCCC1CCC(C#N)(C(O)(CC)C(C)C)CC1. The molecule has 18 heavy (non-hydrogen) atoms. The first-order valence-electron chi connectivity index (χ1n) is 7.59. The van der Waals surface area contributed by atoms with Crippen LogP contribution in [0.15, 0.2) is 0 Å². The van der Waals surface area contributed by atoms with E-state index in [1.54, 1.807) is 0 Å². The molecule has 1 aliphatic carbocycles. The van der Waals surface area contributed by atoms with Crippen molar-refractivity contribution in [1.29, 1.82) is 5.26 Å². The number of aliphatic hydroxyl groups is 1. The number of hydrogen-bond acceptors (Lipinski definition) is 2. The van der Waals surface area contributed by atoms with Crippen LogP contribution in [-0.4, -0.2) is 10.7 Å². The number of nitriles is 1. The van der Waals surface area contributed by atoms with Crippen molar-refractivity contribution in [3.05, 3.63) is 0 Å². The fourth-order valence-corrected chi connectivity index (χ4v) is 3.81. The molecule has 0 spiro atoms. The molecule has 1 fully saturated rings. The lowest BCUT2D eigenvalue weighted by molar-refractivity contribution is -0.114. The highest BCUT2D eigenvalue weighted by atomic mass is 16.3. The first kappa shape index (κ1) is 15.5. The Morgan fingerprint density at radius 2 is 1.89 bits per heavy atom.